The Labute approximate surface area is 115 Å². The number of nitrogens with one attached hydrogen (secondary N) is 1. The first-order valence-corrected chi connectivity index (χ1v) is 7.03. The maximum atomic E-state index is 12.2. The topological polar surface area (TPSA) is 81.2 Å². The van der Waals surface area contributed by atoms with Gasteiger partial charge in [0.2, 0.25) is 5.28 Å². The smallest absolute Gasteiger partial charge is 0.266 e. The van der Waals surface area contributed by atoms with Crippen molar-refractivity contribution in [3.05, 3.63) is 41.8 Å². The molecule has 0 aliphatic rings. The fourth-order valence-electron chi connectivity index (χ4n) is 1.43. The molecule has 0 aliphatic heterocycles. The van der Waals surface area contributed by atoms with Crippen LogP contribution in [0.1, 0.15) is 0 Å². The monoisotopic (exact) mass is 299 g/mol. The predicted octanol–water partition coefficient (Wildman–Crippen LogP) is 1.94. The van der Waals surface area contributed by atoms with Gasteiger partial charge in [0.1, 0.15) is 16.5 Å². The summed E-state index contributed by atoms with van der Waals surface area (Å²) in [6, 6.07) is 7.67. The number of rotatable bonds is 4. The molecule has 0 fully saturated rings. The Kier molecular flexibility index (Phi) is 3.87. The van der Waals surface area contributed by atoms with Crippen LogP contribution in [0.25, 0.3) is 0 Å². The lowest BCUT2D eigenvalue weighted by atomic mass is 10.3. The molecule has 0 spiro atoms. The van der Waals surface area contributed by atoms with E-state index in [4.69, 9.17) is 16.3 Å². The molecule has 19 heavy (non-hydrogen) atoms. The van der Waals surface area contributed by atoms with Crippen LogP contribution in [0.3, 0.4) is 0 Å². The number of nitrogens with zero attached hydrogens (tertiary/aromatic N) is 2. The van der Waals surface area contributed by atoms with E-state index in [1.54, 1.807) is 18.2 Å². The van der Waals surface area contributed by atoms with Crippen molar-refractivity contribution >= 4 is 27.4 Å². The van der Waals surface area contributed by atoms with Crippen molar-refractivity contribution in [1.82, 2.24) is 9.97 Å². The maximum absolute atomic E-state index is 12.2. The predicted molar refractivity (Wildman–Crippen MR) is 70.8 cm³/mol. The molecule has 0 aliphatic carbocycles. The zero-order valence-corrected chi connectivity index (χ0v) is 11.4. The zero-order valence-electron chi connectivity index (χ0n) is 9.87. The Hall–Kier alpha value is -1.86. The quantitative estimate of drug-likeness (QED) is 0.873. The second-order valence-corrected chi connectivity index (χ2v) is 5.46. The Balaban J connectivity index is 2.38. The molecule has 0 saturated carbocycles. The van der Waals surface area contributed by atoms with Crippen molar-refractivity contribution in [2.75, 3.05) is 11.8 Å². The number of methoxy groups -OCH3 is 1. The number of halogens is 1. The van der Waals surface area contributed by atoms with E-state index in [0.29, 0.717) is 0 Å². The summed E-state index contributed by atoms with van der Waals surface area (Å²) in [5, 5.41) is -0.0415. The molecule has 1 N–H and O–H groups in total. The van der Waals surface area contributed by atoms with Gasteiger partial charge >= 0.3 is 0 Å². The van der Waals surface area contributed by atoms with E-state index < -0.39 is 10.0 Å². The zero-order chi connectivity index (χ0) is 13.9. The minimum absolute atomic E-state index is 0.0206. The van der Waals surface area contributed by atoms with E-state index in [1.165, 1.54) is 25.4 Å². The third-order valence-electron chi connectivity index (χ3n) is 2.22. The van der Waals surface area contributed by atoms with Crippen LogP contribution in [-0.2, 0) is 10.0 Å². The average Bonchev–Trinajstić information content (AvgIpc) is 2.38. The maximum Gasteiger partial charge on any atom is 0.266 e. The molecule has 6 nitrogen and oxygen atoms in total. The summed E-state index contributed by atoms with van der Waals surface area (Å²) in [5.41, 5.74) is 0. The molecule has 2 rings (SSSR count). The van der Waals surface area contributed by atoms with Crippen LogP contribution < -0.4 is 9.46 Å². The third kappa shape index (κ3) is 3.12. The highest BCUT2D eigenvalue weighted by Gasteiger charge is 2.19. The van der Waals surface area contributed by atoms with Gasteiger partial charge in [0.25, 0.3) is 10.0 Å². The standard InChI is InChI=1S/C11H10ClN3O3S/c1-18-8-4-2-3-5-9(8)19(16,17)15-10-6-7-13-11(12)14-10/h2-7H,1H3,(H,13,14,15). The lowest BCUT2D eigenvalue weighted by Gasteiger charge is -2.10. The van der Waals surface area contributed by atoms with Gasteiger partial charge in [-0.25, -0.2) is 13.4 Å². The summed E-state index contributed by atoms with van der Waals surface area (Å²) in [5.74, 6) is 0.334. The number of ether oxygens (including phenoxy) is 1. The first kappa shape index (κ1) is 13.6. The Morgan fingerprint density at radius 3 is 2.68 bits per heavy atom. The highest BCUT2D eigenvalue weighted by Crippen LogP contribution is 2.24. The molecule has 0 saturated heterocycles. The molecule has 100 valence electrons. The van der Waals surface area contributed by atoms with Crippen molar-refractivity contribution in [2.24, 2.45) is 0 Å². The highest BCUT2D eigenvalue weighted by atomic mass is 35.5. The van der Waals surface area contributed by atoms with Crippen LogP contribution in [0.2, 0.25) is 5.28 Å². The Morgan fingerprint density at radius 1 is 1.26 bits per heavy atom. The van der Waals surface area contributed by atoms with Gasteiger partial charge in [-0.1, -0.05) is 12.1 Å². The minimum Gasteiger partial charge on any atom is -0.495 e. The van der Waals surface area contributed by atoms with E-state index in [1.807, 2.05) is 0 Å². The van der Waals surface area contributed by atoms with Crippen LogP contribution in [0.15, 0.2) is 41.4 Å². The van der Waals surface area contributed by atoms with Crippen molar-refractivity contribution in [3.8, 4) is 5.75 Å². The SMILES string of the molecule is COc1ccccc1S(=O)(=O)Nc1ccnc(Cl)n1. The second kappa shape index (κ2) is 5.41. The molecular weight excluding hydrogens is 290 g/mol. The highest BCUT2D eigenvalue weighted by molar-refractivity contribution is 7.92. The summed E-state index contributed by atoms with van der Waals surface area (Å²) < 4.78 is 31.7. The fourth-order valence-corrected chi connectivity index (χ4v) is 2.75. The third-order valence-corrected chi connectivity index (χ3v) is 3.80. The molecule has 0 radical (unpaired) electrons. The molecular formula is C11H10ClN3O3S. The van der Waals surface area contributed by atoms with Crippen LogP contribution in [-0.4, -0.2) is 25.5 Å². The van der Waals surface area contributed by atoms with Crippen molar-refractivity contribution in [3.63, 3.8) is 0 Å². The van der Waals surface area contributed by atoms with Gasteiger partial charge in [-0.05, 0) is 29.8 Å². The number of benzene rings is 1. The number of hydrogen-bond donors (Lipinski definition) is 1. The second-order valence-electron chi connectivity index (χ2n) is 3.47. The van der Waals surface area contributed by atoms with E-state index in [9.17, 15) is 8.42 Å². The van der Waals surface area contributed by atoms with Gasteiger partial charge in [0.05, 0.1) is 7.11 Å². The lowest BCUT2D eigenvalue weighted by molar-refractivity contribution is 0.403. The number of hydrogen-bond acceptors (Lipinski definition) is 5. The van der Waals surface area contributed by atoms with Crippen molar-refractivity contribution in [2.45, 2.75) is 4.90 Å². The molecule has 2 aromatic rings. The van der Waals surface area contributed by atoms with Gasteiger partial charge in [-0.2, -0.15) is 4.98 Å². The summed E-state index contributed by atoms with van der Waals surface area (Å²) in [6.45, 7) is 0. The molecule has 0 unspecified atom stereocenters. The molecule has 0 atom stereocenters. The largest absolute Gasteiger partial charge is 0.495 e. The number of sulfonamides is 1. The lowest BCUT2D eigenvalue weighted by Crippen LogP contribution is -2.15. The number of aromatic nitrogens is 2. The Bertz CT molecular complexity index is 691. The molecule has 8 heteroatoms. The van der Waals surface area contributed by atoms with E-state index in [2.05, 4.69) is 14.7 Å². The molecule has 1 aromatic heterocycles. The van der Waals surface area contributed by atoms with Crippen LogP contribution in [0.4, 0.5) is 5.82 Å². The summed E-state index contributed by atoms with van der Waals surface area (Å²) in [4.78, 5) is 7.45. The summed E-state index contributed by atoms with van der Waals surface area (Å²) in [6.07, 6.45) is 1.36. The molecule has 0 bridgehead atoms. The van der Waals surface area contributed by atoms with Gasteiger partial charge < -0.3 is 4.74 Å². The summed E-state index contributed by atoms with van der Waals surface area (Å²) in [7, 11) is -2.40. The summed E-state index contributed by atoms with van der Waals surface area (Å²) >= 11 is 5.60. The molecule has 1 heterocycles. The minimum atomic E-state index is -3.80. The van der Waals surface area contributed by atoms with Crippen LogP contribution in [0, 0.1) is 0 Å². The average molecular weight is 300 g/mol. The first-order chi connectivity index (χ1) is 9.03. The number of para-hydroxylation sites is 1. The first-order valence-electron chi connectivity index (χ1n) is 5.17. The van der Waals surface area contributed by atoms with Crippen LogP contribution >= 0.6 is 11.6 Å². The van der Waals surface area contributed by atoms with E-state index in [0.717, 1.165) is 0 Å². The molecule has 0 amide bonds. The normalized spacial score (nSPS) is 11.1. The van der Waals surface area contributed by atoms with E-state index in [-0.39, 0.29) is 21.7 Å². The van der Waals surface area contributed by atoms with Gasteiger partial charge in [-0.3, -0.25) is 4.72 Å². The van der Waals surface area contributed by atoms with Gasteiger partial charge in [-0.15, -0.1) is 0 Å². The fraction of sp³-hybridized carbons (Fsp3) is 0.0909. The molecule has 1 aromatic carbocycles. The Morgan fingerprint density at radius 2 is 2.00 bits per heavy atom. The van der Waals surface area contributed by atoms with Crippen molar-refractivity contribution < 1.29 is 13.2 Å². The van der Waals surface area contributed by atoms with Gasteiger partial charge in [0.15, 0.2) is 0 Å². The van der Waals surface area contributed by atoms with Crippen molar-refractivity contribution in [1.29, 1.82) is 0 Å². The van der Waals surface area contributed by atoms with E-state index >= 15 is 0 Å². The van der Waals surface area contributed by atoms with Gasteiger partial charge in [0, 0.05) is 6.20 Å². The van der Waals surface area contributed by atoms with Crippen LogP contribution in [0.5, 0.6) is 5.75 Å². The number of anilines is 1.